The largest absolute Gasteiger partial charge is 0.376 e. The van der Waals surface area contributed by atoms with Crippen LogP contribution in [0, 0.1) is 0 Å². The molecule has 1 fully saturated rings. The number of ether oxygens (including phenoxy) is 2. The average Bonchev–Trinajstić information content (AvgIpc) is 2.45. The van der Waals surface area contributed by atoms with Crippen molar-refractivity contribution in [1.29, 1.82) is 0 Å². The summed E-state index contributed by atoms with van der Waals surface area (Å²) in [5.41, 5.74) is -0.422. The zero-order valence-electron chi connectivity index (χ0n) is 13.4. The van der Waals surface area contributed by atoms with Crippen LogP contribution in [0.3, 0.4) is 0 Å². The molecule has 0 unspecified atom stereocenters. The van der Waals surface area contributed by atoms with Crippen molar-refractivity contribution in [2.45, 2.75) is 57.6 Å². The van der Waals surface area contributed by atoms with Gasteiger partial charge < -0.3 is 20.1 Å². The first kappa shape index (κ1) is 17.9. The molecule has 1 aliphatic rings. The topological polar surface area (TPSA) is 76.7 Å². The first-order valence-electron chi connectivity index (χ1n) is 7.64. The van der Waals surface area contributed by atoms with Gasteiger partial charge in [0, 0.05) is 25.6 Å². The van der Waals surface area contributed by atoms with E-state index in [0.29, 0.717) is 19.4 Å². The van der Waals surface area contributed by atoms with Gasteiger partial charge in [-0.3, -0.25) is 9.59 Å². The SMILES string of the molecule is CNC(=O)CCC(C)(C)NC(=O)COC[C@H]1CCCCO1. The van der Waals surface area contributed by atoms with Crippen molar-refractivity contribution in [1.82, 2.24) is 10.6 Å². The molecule has 21 heavy (non-hydrogen) atoms. The second-order valence-corrected chi connectivity index (χ2v) is 6.11. The smallest absolute Gasteiger partial charge is 0.246 e. The van der Waals surface area contributed by atoms with Crippen LogP contribution in [-0.4, -0.2) is 50.3 Å². The molecular weight excluding hydrogens is 272 g/mol. The minimum absolute atomic E-state index is 0.0250. The molecule has 0 aromatic carbocycles. The lowest BCUT2D eigenvalue weighted by molar-refractivity contribution is -0.130. The molecule has 0 aliphatic carbocycles. The highest BCUT2D eigenvalue weighted by atomic mass is 16.5. The van der Waals surface area contributed by atoms with Gasteiger partial charge in [0.25, 0.3) is 0 Å². The molecule has 1 aliphatic heterocycles. The fourth-order valence-electron chi connectivity index (χ4n) is 2.25. The summed E-state index contributed by atoms with van der Waals surface area (Å²) in [6.45, 7) is 5.08. The van der Waals surface area contributed by atoms with Crippen LogP contribution in [0.25, 0.3) is 0 Å². The molecule has 0 spiro atoms. The van der Waals surface area contributed by atoms with Crippen LogP contribution in [0.5, 0.6) is 0 Å². The molecule has 6 nitrogen and oxygen atoms in total. The maximum absolute atomic E-state index is 11.8. The van der Waals surface area contributed by atoms with Crippen LogP contribution < -0.4 is 10.6 Å². The van der Waals surface area contributed by atoms with Crippen LogP contribution in [0.4, 0.5) is 0 Å². The average molecular weight is 300 g/mol. The maximum Gasteiger partial charge on any atom is 0.246 e. The third-order valence-electron chi connectivity index (χ3n) is 3.54. The molecule has 1 rings (SSSR count). The predicted molar refractivity (Wildman–Crippen MR) is 79.9 cm³/mol. The Balaban J connectivity index is 2.17. The van der Waals surface area contributed by atoms with Crippen LogP contribution in [0.15, 0.2) is 0 Å². The number of hydrogen-bond donors (Lipinski definition) is 2. The molecule has 0 saturated carbocycles. The van der Waals surface area contributed by atoms with E-state index in [-0.39, 0.29) is 24.5 Å². The van der Waals surface area contributed by atoms with Crippen LogP contribution in [0.1, 0.15) is 46.0 Å². The number of carbonyl (C=O) groups excluding carboxylic acids is 2. The lowest BCUT2D eigenvalue weighted by Gasteiger charge is -2.26. The van der Waals surface area contributed by atoms with E-state index in [1.165, 1.54) is 0 Å². The van der Waals surface area contributed by atoms with Gasteiger partial charge >= 0.3 is 0 Å². The summed E-state index contributed by atoms with van der Waals surface area (Å²) >= 11 is 0. The number of hydrogen-bond acceptors (Lipinski definition) is 4. The monoisotopic (exact) mass is 300 g/mol. The summed E-state index contributed by atoms with van der Waals surface area (Å²) in [7, 11) is 1.61. The Kier molecular flexibility index (Phi) is 7.67. The third-order valence-corrected chi connectivity index (χ3v) is 3.54. The molecule has 0 bridgehead atoms. The first-order chi connectivity index (χ1) is 9.93. The fraction of sp³-hybridized carbons (Fsp3) is 0.867. The third kappa shape index (κ3) is 8.02. The molecular formula is C15H28N2O4. The molecule has 6 heteroatoms. The Hall–Kier alpha value is -1.14. The van der Waals surface area contributed by atoms with Crippen LogP contribution in [-0.2, 0) is 19.1 Å². The minimum atomic E-state index is -0.422. The first-order valence-corrected chi connectivity index (χ1v) is 7.64. The van der Waals surface area contributed by atoms with Gasteiger partial charge in [-0.15, -0.1) is 0 Å². The van der Waals surface area contributed by atoms with E-state index in [1.807, 2.05) is 13.8 Å². The van der Waals surface area contributed by atoms with Gasteiger partial charge in [-0.05, 0) is 39.5 Å². The molecule has 0 aromatic heterocycles. The Morgan fingerprint density at radius 2 is 2.05 bits per heavy atom. The highest BCUT2D eigenvalue weighted by Gasteiger charge is 2.22. The molecule has 0 aromatic rings. The van der Waals surface area contributed by atoms with Crippen LogP contribution in [0.2, 0.25) is 0 Å². The van der Waals surface area contributed by atoms with Crippen molar-refractivity contribution in [2.75, 3.05) is 26.9 Å². The van der Waals surface area contributed by atoms with Gasteiger partial charge in [0.1, 0.15) is 6.61 Å². The Labute approximate surface area is 126 Å². The van der Waals surface area contributed by atoms with E-state index in [0.717, 1.165) is 25.9 Å². The summed E-state index contributed by atoms with van der Waals surface area (Å²) in [4.78, 5) is 23.1. The van der Waals surface area contributed by atoms with E-state index < -0.39 is 5.54 Å². The van der Waals surface area contributed by atoms with Crippen LogP contribution >= 0.6 is 0 Å². The van der Waals surface area contributed by atoms with Crippen molar-refractivity contribution >= 4 is 11.8 Å². The second-order valence-electron chi connectivity index (χ2n) is 6.11. The minimum Gasteiger partial charge on any atom is -0.376 e. The quantitative estimate of drug-likeness (QED) is 0.701. The normalized spacial score (nSPS) is 19.1. The Bertz CT molecular complexity index is 339. The van der Waals surface area contributed by atoms with Gasteiger partial charge in [0.05, 0.1) is 12.7 Å². The van der Waals surface area contributed by atoms with Gasteiger partial charge in [0.2, 0.25) is 11.8 Å². The van der Waals surface area contributed by atoms with Crippen molar-refractivity contribution in [2.24, 2.45) is 0 Å². The van der Waals surface area contributed by atoms with E-state index in [4.69, 9.17) is 9.47 Å². The van der Waals surface area contributed by atoms with E-state index in [2.05, 4.69) is 10.6 Å². The summed E-state index contributed by atoms with van der Waals surface area (Å²) in [6, 6.07) is 0. The van der Waals surface area contributed by atoms with Gasteiger partial charge in [-0.25, -0.2) is 0 Å². The van der Waals surface area contributed by atoms with Crippen molar-refractivity contribution in [3.05, 3.63) is 0 Å². The summed E-state index contributed by atoms with van der Waals surface area (Å²) in [6.07, 6.45) is 4.36. The molecule has 122 valence electrons. The lowest BCUT2D eigenvalue weighted by Crippen LogP contribution is -2.45. The fourth-order valence-corrected chi connectivity index (χ4v) is 2.25. The molecule has 1 heterocycles. The molecule has 2 amide bonds. The molecule has 1 saturated heterocycles. The lowest BCUT2D eigenvalue weighted by atomic mass is 9.98. The standard InChI is InChI=1S/C15H28N2O4/c1-15(2,8-7-13(18)16-3)17-14(19)11-20-10-12-6-4-5-9-21-12/h12H,4-11H2,1-3H3,(H,16,18)(H,17,19)/t12-/m1/s1. The highest BCUT2D eigenvalue weighted by molar-refractivity contribution is 5.78. The number of amides is 2. The summed E-state index contributed by atoms with van der Waals surface area (Å²) in [5.74, 6) is -0.185. The van der Waals surface area contributed by atoms with Gasteiger partial charge in [0.15, 0.2) is 0 Å². The van der Waals surface area contributed by atoms with E-state index >= 15 is 0 Å². The zero-order valence-corrected chi connectivity index (χ0v) is 13.4. The van der Waals surface area contributed by atoms with Gasteiger partial charge in [-0.2, -0.15) is 0 Å². The van der Waals surface area contributed by atoms with Gasteiger partial charge in [-0.1, -0.05) is 0 Å². The summed E-state index contributed by atoms with van der Waals surface area (Å²) < 4.78 is 10.9. The predicted octanol–water partition coefficient (Wildman–Crippen LogP) is 0.993. The number of carbonyl (C=O) groups is 2. The number of rotatable bonds is 8. The molecule has 1 atom stereocenters. The maximum atomic E-state index is 11.8. The summed E-state index contributed by atoms with van der Waals surface area (Å²) in [5, 5.41) is 5.46. The zero-order chi connectivity index (χ0) is 15.7. The van der Waals surface area contributed by atoms with Crippen molar-refractivity contribution in [3.8, 4) is 0 Å². The van der Waals surface area contributed by atoms with Crippen molar-refractivity contribution < 1.29 is 19.1 Å². The molecule has 2 N–H and O–H groups in total. The Morgan fingerprint density at radius 3 is 2.67 bits per heavy atom. The van der Waals surface area contributed by atoms with E-state index in [1.54, 1.807) is 7.05 Å². The molecule has 0 radical (unpaired) electrons. The Morgan fingerprint density at radius 1 is 1.29 bits per heavy atom. The highest BCUT2D eigenvalue weighted by Crippen LogP contribution is 2.13. The van der Waals surface area contributed by atoms with E-state index in [9.17, 15) is 9.59 Å². The number of nitrogens with one attached hydrogen (secondary N) is 2. The second kappa shape index (κ2) is 9.00. The van der Waals surface area contributed by atoms with Crippen molar-refractivity contribution in [3.63, 3.8) is 0 Å².